The monoisotopic (exact) mass is 291 g/mol. The fourth-order valence-corrected chi connectivity index (χ4v) is 2.21. The van der Waals surface area contributed by atoms with E-state index in [9.17, 15) is 0 Å². The van der Waals surface area contributed by atoms with Gasteiger partial charge in [0.25, 0.3) is 0 Å². The van der Waals surface area contributed by atoms with Crippen molar-refractivity contribution >= 4 is 5.69 Å². The Kier molecular flexibility index (Phi) is 4.01. The van der Waals surface area contributed by atoms with Gasteiger partial charge in [0.05, 0.1) is 0 Å². The lowest BCUT2D eigenvalue weighted by Crippen LogP contribution is -2.06. The number of nitrogen functional groups attached to an aromatic ring is 1. The molecule has 0 radical (unpaired) electrons. The standard InChI is InChI=1S/C18H17N3O/c1-13(14-5-3-2-4-6-14)22-18-17(20-11-12-21-18)15-7-9-16(19)10-8-15/h2-13H,19H2,1H3/t13-/m1/s1. The van der Waals surface area contributed by atoms with Crippen LogP contribution in [0.2, 0.25) is 0 Å². The molecule has 0 fully saturated rings. The average molecular weight is 291 g/mol. The summed E-state index contributed by atoms with van der Waals surface area (Å²) < 4.78 is 6.01. The van der Waals surface area contributed by atoms with Crippen molar-refractivity contribution in [2.75, 3.05) is 5.73 Å². The van der Waals surface area contributed by atoms with E-state index in [0.717, 1.165) is 11.1 Å². The molecule has 0 aliphatic carbocycles. The molecule has 0 saturated carbocycles. The van der Waals surface area contributed by atoms with E-state index < -0.39 is 0 Å². The molecule has 22 heavy (non-hydrogen) atoms. The number of rotatable bonds is 4. The molecule has 0 saturated heterocycles. The summed E-state index contributed by atoms with van der Waals surface area (Å²) in [6.07, 6.45) is 3.19. The summed E-state index contributed by atoms with van der Waals surface area (Å²) in [6.45, 7) is 2.00. The van der Waals surface area contributed by atoms with E-state index in [1.807, 2.05) is 61.5 Å². The van der Waals surface area contributed by atoms with Gasteiger partial charge < -0.3 is 10.5 Å². The Balaban J connectivity index is 1.90. The van der Waals surface area contributed by atoms with Crippen LogP contribution in [0.15, 0.2) is 67.0 Å². The van der Waals surface area contributed by atoms with Crippen LogP contribution in [-0.4, -0.2) is 9.97 Å². The summed E-state index contributed by atoms with van der Waals surface area (Å²) in [5, 5.41) is 0. The molecule has 110 valence electrons. The number of hydrogen-bond acceptors (Lipinski definition) is 4. The molecule has 2 N–H and O–H groups in total. The highest BCUT2D eigenvalue weighted by Crippen LogP contribution is 2.29. The van der Waals surface area contributed by atoms with Gasteiger partial charge in [-0.25, -0.2) is 9.97 Å². The van der Waals surface area contributed by atoms with Crippen molar-refractivity contribution in [3.63, 3.8) is 0 Å². The van der Waals surface area contributed by atoms with Gasteiger partial charge in [0.2, 0.25) is 5.88 Å². The zero-order valence-electron chi connectivity index (χ0n) is 12.3. The maximum atomic E-state index is 6.01. The third kappa shape index (κ3) is 3.06. The molecule has 0 spiro atoms. The van der Waals surface area contributed by atoms with E-state index in [2.05, 4.69) is 9.97 Å². The number of anilines is 1. The molecule has 4 heteroatoms. The Morgan fingerprint density at radius 2 is 1.59 bits per heavy atom. The molecule has 3 rings (SSSR count). The number of benzene rings is 2. The van der Waals surface area contributed by atoms with Gasteiger partial charge in [-0.2, -0.15) is 0 Å². The lowest BCUT2D eigenvalue weighted by molar-refractivity contribution is 0.218. The summed E-state index contributed by atoms with van der Waals surface area (Å²) in [5.41, 5.74) is 9.18. The van der Waals surface area contributed by atoms with Gasteiger partial charge >= 0.3 is 0 Å². The normalized spacial score (nSPS) is 11.9. The molecule has 1 aromatic heterocycles. The molecular weight excluding hydrogens is 274 g/mol. The van der Waals surface area contributed by atoms with Gasteiger partial charge in [-0.1, -0.05) is 42.5 Å². The smallest absolute Gasteiger partial charge is 0.241 e. The number of ether oxygens (including phenoxy) is 1. The van der Waals surface area contributed by atoms with Crippen LogP contribution in [0.5, 0.6) is 5.88 Å². The van der Waals surface area contributed by atoms with Gasteiger partial charge in [-0.05, 0) is 24.6 Å². The second-order valence-corrected chi connectivity index (χ2v) is 5.00. The number of nitrogens with two attached hydrogens (primary N) is 1. The van der Waals surface area contributed by atoms with E-state index in [4.69, 9.17) is 10.5 Å². The van der Waals surface area contributed by atoms with E-state index >= 15 is 0 Å². The largest absolute Gasteiger partial charge is 0.468 e. The van der Waals surface area contributed by atoms with Gasteiger partial charge in [-0.15, -0.1) is 0 Å². The third-order valence-corrected chi connectivity index (χ3v) is 3.41. The van der Waals surface area contributed by atoms with Crippen LogP contribution in [0.4, 0.5) is 5.69 Å². The molecule has 0 unspecified atom stereocenters. The Morgan fingerprint density at radius 3 is 2.32 bits per heavy atom. The SMILES string of the molecule is C[C@@H](Oc1nccnc1-c1ccc(N)cc1)c1ccccc1. The highest BCUT2D eigenvalue weighted by Gasteiger charge is 2.13. The Bertz CT molecular complexity index is 742. The second kappa shape index (κ2) is 6.26. The van der Waals surface area contributed by atoms with Crippen molar-refractivity contribution in [1.29, 1.82) is 0 Å². The average Bonchev–Trinajstić information content (AvgIpc) is 2.57. The molecular formula is C18H17N3O. The predicted molar refractivity (Wildman–Crippen MR) is 87.4 cm³/mol. The summed E-state index contributed by atoms with van der Waals surface area (Å²) in [5.74, 6) is 0.517. The lowest BCUT2D eigenvalue weighted by atomic mass is 10.1. The second-order valence-electron chi connectivity index (χ2n) is 5.00. The minimum absolute atomic E-state index is 0.106. The first-order valence-electron chi connectivity index (χ1n) is 7.12. The first-order valence-corrected chi connectivity index (χ1v) is 7.12. The van der Waals surface area contributed by atoms with Crippen LogP contribution in [-0.2, 0) is 0 Å². The van der Waals surface area contributed by atoms with Crippen molar-refractivity contribution in [1.82, 2.24) is 9.97 Å². The molecule has 0 aliphatic rings. The summed E-state index contributed by atoms with van der Waals surface area (Å²) >= 11 is 0. The highest BCUT2D eigenvalue weighted by atomic mass is 16.5. The zero-order chi connectivity index (χ0) is 15.4. The Hall–Kier alpha value is -2.88. The zero-order valence-corrected chi connectivity index (χ0v) is 12.3. The van der Waals surface area contributed by atoms with Gasteiger partial charge in [0.15, 0.2) is 0 Å². The van der Waals surface area contributed by atoms with E-state index in [1.54, 1.807) is 12.4 Å². The summed E-state index contributed by atoms with van der Waals surface area (Å²) in [4.78, 5) is 8.72. The summed E-state index contributed by atoms with van der Waals surface area (Å²) in [6, 6.07) is 17.5. The quantitative estimate of drug-likeness (QED) is 0.741. The minimum atomic E-state index is -0.106. The first kappa shape index (κ1) is 14.1. The molecule has 1 atom stereocenters. The highest BCUT2D eigenvalue weighted by molar-refractivity contribution is 5.66. The Labute approximate surface area is 129 Å². The van der Waals surface area contributed by atoms with Crippen LogP contribution >= 0.6 is 0 Å². The number of aromatic nitrogens is 2. The molecule has 1 heterocycles. The van der Waals surface area contributed by atoms with Crippen LogP contribution in [0, 0.1) is 0 Å². The van der Waals surface area contributed by atoms with Crippen molar-refractivity contribution in [3.8, 4) is 17.1 Å². The molecule has 0 aliphatic heterocycles. The molecule has 4 nitrogen and oxygen atoms in total. The number of nitrogens with zero attached hydrogens (tertiary/aromatic N) is 2. The van der Waals surface area contributed by atoms with Gasteiger partial charge in [0.1, 0.15) is 11.8 Å². The third-order valence-electron chi connectivity index (χ3n) is 3.41. The van der Waals surface area contributed by atoms with Crippen molar-refractivity contribution in [3.05, 3.63) is 72.6 Å². The fraction of sp³-hybridized carbons (Fsp3) is 0.111. The van der Waals surface area contributed by atoms with Crippen LogP contribution < -0.4 is 10.5 Å². The fourth-order valence-electron chi connectivity index (χ4n) is 2.21. The maximum Gasteiger partial charge on any atom is 0.241 e. The van der Waals surface area contributed by atoms with Gasteiger partial charge in [-0.3, -0.25) is 0 Å². The maximum absolute atomic E-state index is 6.01. The molecule has 0 bridgehead atoms. The van der Waals surface area contributed by atoms with E-state index in [-0.39, 0.29) is 6.10 Å². The topological polar surface area (TPSA) is 61.0 Å². The molecule has 0 amide bonds. The lowest BCUT2D eigenvalue weighted by Gasteiger charge is -2.16. The molecule has 2 aromatic carbocycles. The van der Waals surface area contributed by atoms with Crippen molar-refractivity contribution in [2.45, 2.75) is 13.0 Å². The van der Waals surface area contributed by atoms with Crippen LogP contribution in [0.3, 0.4) is 0 Å². The molecule has 3 aromatic rings. The first-order chi connectivity index (χ1) is 10.7. The number of hydrogen-bond donors (Lipinski definition) is 1. The Morgan fingerprint density at radius 1 is 0.909 bits per heavy atom. The van der Waals surface area contributed by atoms with Crippen molar-refractivity contribution < 1.29 is 4.74 Å². The van der Waals surface area contributed by atoms with E-state index in [0.29, 0.717) is 17.3 Å². The summed E-state index contributed by atoms with van der Waals surface area (Å²) in [7, 11) is 0. The van der Waals surface area contributed by atoms with Crippen molar-refractivity contribution in [2.24, 2.45) is 0 Å². The van der Waals surface area contributed by atoms with Crippen LogP contribution in [0.25, 0.3) is 11.3 Å². The van der Waals surface area contributed by atoms with Crippen LogP contribution in [0.1, 0.15) is 18.6 Å². The predicted octanol–water partition coefficient (Wildman–Crippen LogP) is 3.87. The van der Waals surface area contributed by atoms with Gasteiger partial charge in [0, 0.05) is 23.6 Å². The van der Waals surface area contributed by atoms with E-state index in [1.165, 1.54) is 0 Å². The minimum Gasteiger partial charge on any atom is -0.468 e.